The van der Waals surface area contributed by atoms with Gasteiger partial charge in [0.2, 0.25) is 0 Å². The molecule has 10 rings (SSSR count). The topological polar surface area (TPSA) is 3.24 Å². The van der Waals surface area contributed by atoms with Gasteiger partial charge in [-0.05, 0) is 96.6 Å². The molecule has 10 aromatic carbocycles. The lowest BCUT2D eigenvalue weighted by molar-refractivity contribution is 1.30. The van der Waals surface area contributed by atoms with E-state index in [2.05, 4.69) is 241 Å². The van der Waals surface area contributed by atoms with Crippen LogP contribution in [0.5, 0.6) is 0 Å². The predicted octanol–water partition coefficient (Wildman–Crippen LogP) is 15.8. The first-order valence-corrected chi connectivity index (χ1v) is 19.6. The van der Waals surface area contributed by atoms with Crippen LogP contribution in [0.2, 0.25) is 0 Å². The monoisotopic (exact) mass is 725 g/mol. The third-order valence-electron chi connectivity index (χ3n) is 11.1. The number of rotatable bonds is 8. The molecule has 1 heteroatoms. The molecule has 0 unspecified atom stereocenters. The highest BCUT2D eigenvalue weighted by atomic mass is 15.1. The van der Waals surface area contributed by atoms with Gasteiger partial charge in [-0.25, -0.2) is 0 Å². The van der Waals surface area contributed by atoms with Crippen LogP contribution < -0.4 is 4.90 Å². The fraction of sp³-hybridized carbons (Fsp3) is 0. The van der Waals surface area contributed by atoms with E-state index in [1.165, 1.54) is 77.2 Å². The van der Waals surface area contributed by atoms with E-state index in [0.717, 1.165) is 17.1 Å². The summed E-state index contributed by atoms with van der Waals surface area (Å²) in [6, 6.07) is 85.7. The first-order valence-electron chi connectivity index (χ1n) is 19.6. The maximum atomic E-state index is 2.49. The number of nitrogens with zero attached hydrogens (tertiary/aromatic N) is 1. The van der Waals surface area contributed by atoms with Gasteiger partial charge in [0, 0.05) is 16.6 Å². The summed E-state index contributed by atoms with van der Waals surface area (Å²) in [5.74, 6) is 0. The highest BCUT2D eigenvalue weighted by molar-refractivity contribution is 6.15. The van der Waals surface area contributed by atoms with Gasteiger partial charge >= 0.3 is 0 Å². The summed E-state index contributed by atoms with van der Waals surface area (Å²) in [6.45, 7) is 0. The Kier molecular flexibility index (Phi) is 8.95. The van der Waals surface area contributed by atoms with Gasteiger partial charge in [-0.1, -0.05) is 206 Å². The van der Waals surface area contributed by atoms with Crippen LogP contribution in [0.1, 0.15) is 0 Å². The van der Waals surface area contributed by atoms with Gasteiger partial charge in [0.05, 0.1) is 11.4 Å². The van der Waals surface area contributed by atoms with E-state index in [9.17, 15) is 0 Å². The highest BCUT2D eigenvalue weighted by Crippen LogP contribution is 2.50. The SMILES string of the molecule is c1ccc(-c2cccc(-c3ccc(N(c4cccc(-c5ccccc5)c4-c4ccccc4-c4ccccc4)c4cc5ccccc5c5ccccc45)cc3)c2)cc1. The molecule has 268 valence electrons. The molecule has 0 N–H and O–H groups in total. The van der Waals surface area contributed by atoms with Crippen LogP contribution in [0.4, 0.5) is 17.1 Å². The van der Waals surface area contributed by atoms with Crippen molar-refractivity contribution in [2.45, 2.75) is 0 Å². The summed E-state index contributed by atoms with van der Waals surface area (Å²) in [5, 5.41) is 4.88. The molecular formula is C56H39N. The van der Waals surface area contributed by atoms with E-state index in [-0.39, 0.29) is 0 Å². The molecule has 0 aromatic heterocycles. The Morgan fingerprint density at radius 3 is 1.40 bits per heavy atom. The standard InChI is InChI=1S/C56H39N/c1-4-18-40(19-5-1)44-25-16-26-45(38-44)41-34-36-47(37-35-41)57(55-39-46-24-10-11-28-49(46)51-29-13-14-30-52(51)55)54-33-17-32-50(43-22-8-3-9-23-43)56(54)53-31-15-12-27-48(53)42-20-6-2-7-21-42/h1-39H. The van der Waals surface area contributed by atoms with Crippen LogP contribution in [0.15, 0.2) is 237 Å². The van der Waals surface area contributed by atoms with Gasteiger partial charge in [-0.2, -0.15) is 0 Å². The summed E-state index contributed by atoms with van der Waals surface area (Å²) in [7, 11) is 0. The second kappa shape index (κ2) is 15.0. The lowest BCUT2D eigenvalue weighted by Gasteiger charge is -2.31. The first-order chi connectivity index (χ1) is 28.3. The van der Waals surface area contributed by atoms with Gasteiger partial charge in [-0.15, -0.1) is 0 Å². The van der Waals surface area contributed by atoms with E-state index < -0.39 is 0 Å². The summed E-state index contributed by atoms with van der Waals surface area (Å²) >= 11 is 0. The third-order valence-corrected chi connectivity index (χ3v) is 11.1. The smallest absolute Gasteiger partial charge is 0.0546 e. The lowest BCUT2D eigenvalue weighted by Crippen LogP contribution is -2.12. The van der Waals surface area contributed by atoms with Gasteiger partial charge in [0.1, 0.15) is 0 Å². The fourth-order valence-corrected chi connectivity index (χ4v) is 8.38. The Hall–Kier alpha value is -7.48. The molecule has 0 radical (unpaired) electrons. The molecule has 0 fully saturated rings. The molecule has 0 aliphatic heterocycles. The van der Waals surface area contributed by atoms with Gasteiger partial charge in [0.25, 0.3) is 0 Å². The molecule has 0 saturated carbocycles. The normalized spacial score (nSPS) is 11.2. The molecule has 1 nitrogen and oxygen atoms in total. The van der Waals surface area contributed by atoms with E-state index in [0.29, 0.717) is 0 Å². The summed E-state index contributed by atoms with van der Waals surface area (Å²) in [6.07, 6.45) is 0. The first kappa shape index (κ1) is 34.0. The number of fused-ring (bicyclic) bond motifs is 3. The predicted molar refractivity (Wildman–Crippen MR) is 243 cm³/mol. The van der Waals surface area contributed by atoms with Crippen LogP contribution in [0, 0.1) is 0 Å². The van der Waals surface area contributed by atoms with Crippen molar-refractivity contribution in [1.29, 1.82) is 0 Å². The molecule has 0 saturated heterocycles. The summed E-state index contributed by atoms with van der Waals surface area (Å²) in [5.41, 5.74) is 15.2. The van der Waals surface area contributed by atoms with Crippen molar-refractivity contribution in [3.63, 3.8) is 0 Å². The molecule has 0 amide bonds. The average molecular weight is 726 g/mol. The van der Waals surface area contributed by atoms with Crippen molar-refractivity contribution < 1.29 is 0 Å². The van der Waals surface area contributed by atoms with Crippen molar-refractivity contribution >= 4 is 38.6 Å². The van der Waals surface area contributed by atoms with E-state index in [1.807, 2.05) is 0 Å². The van der Waals surface area contributed by atoms with Crippen molar-refractivity contribution in [3.05, 3.63) is 237 Å². The Morgan fingerprint density at radius 1 is 0.246 bits per heavy atom. The maximum Gasteiger partial charge on any atom is 0.0546 e. The molecule has 10 aromatic rings. The minimum absolute atomic E-state index is 1.09. The molecule has 0 bridgehead atoms. The van der Waals surface area contributed by atoms with Crippen LogP contribution >= 0.6 is 0 Å². The number of hydrogen-bond acceptors (Lipinski definition) is 1. The molecular weight excluding hydrogens is 687 g/mol. The molecule has 0 heterocycles. The molecule has 0 spiro atoms. The van der Waals surface area contributed by atoms with E-state index in [4.69, 9.17) is 0 Å². The largest absolute Gasteiger partial charge is 0.309 e. The summed E-state index contributed by atoms with van der Waals surface area (Å²) in [4.78, 5) is 2.49. The van der Waals surface area contributed by atoms with Crippen LogP contribution in [-0.2, 0) is 0 Å². The van der Waals surface area contributed by atoms with Crippen molar-refractivity contribution in [3.8, 4) is 55.6 Å². The zero-order valence-corrected chi connectivity index (χ0v) is 31.5. The number of hydrogen-bond donors (Lipinski definition) is 0. The lowest BCUT2D eigenvalue weighted by atomic mass is 9.87. The van der Waals surface area contributed by atoms with Crippen molar-refractivity contribution in [2.24, 2.45) is 0 Å². The van der Waals surface area contributed by atoms with E-state index in [1.54, 1.807) is 0 Å². The molecule has 57 heavy (non-hydrogen) atoms. The maximum absolute atomic E-state index is 2.49. The number of anilines is 3. The highest BCUT2D eigenvalue weighted by Gasteiger charge is 2.24. The second-order valence-corrected chi connectivity index (χ2v) is 14.5. The van der Waals surface area contributed by atoms with Crippen LogP contribution in [0.25, 0.3) is 77.2 Å². The fourth-order valence-electron chi connectivity index (χ4n) is 8.38. The molecule has 0 aliphatic carbocycles. The van der Waals surface area contributed by atoms with Gasteiger partial charge in [0.15, 0.2) is 0 Å². The minimum atomic E-state index is 1.09. The van der Waals surface area contributed by atoms with Crippen molar-refractivity contribution in [2.75, 3.05) is 4.90 Å². The Morgan fingerprint density at radius 2 is 0.719 bits per heavy atom. The van der Waals surface area contributed by atoms with Gasteiger partial charge in [-0.3, -0.25) is 0 Å². The Bertz CT molecular complexity index is 2990. The third kappa shape index (κ3) is 6.46. The Balaban J connectivity index is 1.24. The van der Waals surface area contributed by atoms with Crippen LogP contribution in [0.3, 0.4) is 0 Å². The Labute approximate surface area is 334 Å². The zero-order chi connectivity index (χ0) is 38.0. The van der Waals surface area contributed by atoms with Crippen molar-refractivity contribution in [1.82, 2.24) is 0 Å². The average Bonchev–Trinajstić information content (AvgIpc) is 3.30. The number of benzene rings is 10. The quantitative estimate of drug-likeness (QED) is 0.141. The minimum Gasteiger partial charge on any atom is -0.309 e. The molecule has 0 aliphatic rings. The van der Waals surface area contributed by atoms with Crippen LogP contribution in [-0.4, -0.2) is 0 Å². The zero-order valence-electron chi connectivity index (χ0n) is 31.5. The van der Waals surface area contributed by atoms with E-state index >= 15 is 0 Å². The second-order valence-electron chi connectivity index (χ2n) is 14.5. The molecule has 0 atom stereocenters. The summed E-state index contributed by atoms with van der Waals surface area (Å²) < 4.78 is 0. The van der Waals surface area contributed by atoms with Gasteiger partial charge < -0.3 is 4.90 Å².